The third-order valence-electron chi connectivity index (χ3n) is 3.56. The molecule has 106 valence electrons. The smallest absolute Gasteiger partial charge is 0.292 e. The number of aromatic nitrogens is 2. The van der Waals surface area contributed by atoms with Gasteiger partial charge in [-0.2, -0.15) is 0 Å². The molecule has 0 spiro atoms. The number of nitrogens with one attached hydrogen (secondary N) is 1. The first-order chi connectivity index (χ1) is 8.81. The number of ether oxygens (including phenoxy) is 2. The van der Waals surface area contributed by atoms with Gasteiger partial charge in [-0.3, -0.25) is 5.32 Å². The van der Waals surface area contributed by atoms with Gasteiger partial charge in [0.05, 0.1) is 11.7 Å². The Bertz CT molecular complexity index is 444. The summed E-state index contributed by atoms with van der Waals surface area (Å²) in [7, 11) is 0. The molecule has 1 aliphatic carbocycles. The van der Waals surface area contributed by atoms with Crippen LogP contribution in [0.4, 0.5) is 0 Å². The fourth-order valence-electron chi connectivity index (χ4n) is 2.63. The molecule has 2 heterocycles. The topological polar surface area (TPSA) is 56.3 Å². The van der Waals surface area contributed by atoms with Crippen LogP contribution in [-0.4, -0.2) is 27.6 Å². The maximum Gasteiger partial charge on any atom is 0.292 e. The van der Waals surface area contributed by atoms with E-state index in [1.807, 2.05) is 19.1 Å². The zero-order valence-corrected chi connectivity index (χ0v) is 12.4. The van der Waals surface area contributed by atoms with E-state index in [1.165, 1.54) is 6.42 Å². The molecule has 0 aromatic carbocycles. The molecule has 1 aliphatic heterocycles. The lowest BCUT2D eigenvalue weighted by Gasteiger charge is -2.27. The highest BCUT2D eigenvalue weighted by molar-refractivity contribution is 6.99. The maximum atomic E-state index is 6.03. The standard InChI is InChI=1S/C12H17N3O2S.ClH/c1-2-3-6-16-10-11(15-18-14-10)17-12-5-4-9(7-12)8-13-12;/h2-3,9,13H,4-8H2,1H3;1H. The molecule has 1 N–H and O–H groups in total. The molecule has 0 radical (unpaired) electrons. The number of piperidine rings is 1. The van der Waals surface area contributed by atoms with Gasteiger partial charge in [0.1, 0.15) is 6.61 Å². The average molecular weight is 304 g/mol. The quantitative estimate of drug-likeness (QED) is 0.847. The Kier molecular flexibility index (Phi) is 4.65. The van der Waals surface area contributed by atoms with E-state index in [2.05, 4.69) is 14.1 Å². The minimum absolute atomic E-state index is 0. The lowest BCUT2D eigenvalue weighted by molar-refractivity contribution is 0.0482. The van der Waals surface area contributed by atoms with Crippen molar-refractivity contribution in [3.05, 3.63) is 12.2 Å². The lowest BCUT2D eigenvalue weighted by Crippen LogP contribution is -2.45. The molecule has 1 saturated heterocycles. The van der Waals surface area contributed by atoms with Crippen LogP contribution in [0.2, 0.25) is 0 Å². The maximum absolute atomic E-state index is 6.03. The first kappa shape index (κ1) is 14.6. The summed E-state index contributed by atoms with van der Waals surface area (Å²) in [6, 6.07) is 0. The predicted molar refractivity (Wildman–Crippen MR) is 76.2 cm³/mol. The Labute approximate surface area is 123 Å². The van der Waals surface area contributed by atoms with E-state index in [0.29, 0.717) is 18.4 Å². The van der Waals surface area contributed by atoms with Crippen molar-refractivity contribution in [2.75, 3.05) is 13.2 Å². The average Bonchev–Trinajstić information content (AvgIpc) is 3.06. The Morgan fingerprint density at radius 2 is 2.32 bits per heavy atom. The molecular weight excluding hydrogens is 286 g/mol. The summed E-state index contributed by atoms with van der Waals surface area (Å²) in [5.41, 5.74) is -0.223. The first-order valence-corrected chi connectivity index (χ1v) is 7.05. The molecule has 2 bridgehead atoms. The monoisotopic (exact) mass is 303 g/mol. The van der Waals surface area contributed by atoms with Crippen molar-refractivity contribution >= 4 is 24.1 Å². The summed E-state index contributed by atoms with van der Waals surface area (Å²) in [6.45, 7) is 3.51. The summed E-state index contributed by atoms with van der Waals surface area (Å²) in [4.78, 5) is 0. The molecule has 19 heavy (non-hydrogen) atoms. The van der Waals surface area contributed by atoms with Gasteiger partial charge in [-0.15, -0.1) is 21.2 Å². The van der Waals surface area contributed by atoms with Crippen LogP contribution >= 0.6 is 24.1 Å². The van der Waals surface area contributed by atoms with Crippen LogP contribution in [0.25, 0.3) is 0 Å². The number of allylic oxidation sites excluding steroid dienone is 1. The van der Waals surface area contributed by atoms with Crippen molar-refractivity contribution in [2.45, 2.75) is 31.9 Å². The second-order valence-electron chi connectivity index (χ2n) is 4.84. The number of halogens is 1. The SMILES string of the molecule is CC=CCOc1nsnc1OC12CCC(CN1)C2.Cl. The molecule has 1 aromatic heterocycles. The van der Waals surface area contributed by atoms with Gasteiger partial charge in [-0.25, -0.2) is 0 Å². The van der Waals surface area contributed by atoms with Gasteiger partial charge in [0.15, 0.2) is 5.72 Å². The second-order valence-corrected chi connectivity index (χ2v) is 5.37. The van der Waals surface area contributed by atoms with Gasteiger partial charge in [-0.1, -0.05) is 12.2 Å². The number of hydrogen-bond acceptors (Lipinski definition) is 6. The van der Waals surface area contributed by atoms with Crippen molar-refractivity contribution in [2.24, 2.45) is 5.92 Å². The molecule has 2 unspecified atom stereocenters. The Hall–Kier alpha value is -0.850. The van der Waals surface area contributed by atoms with E-state index < -0.39 is 0 Å². The molecular formula is C12H18ClN3O2S. The fourth-order valence-corrected chi connectivity index (χ4v) is 3.07. The van der Waals surface area contributed by atoms with Gasteiger partial charge in [0.25, 0.3) is 11.8 Å². The van der Waals surface area contributed by atoms with Crippen molar-refractivity contribution in [1.29, 1.82) is 0 Å². The van der Waals surface area contributed by atoms with E-state index >= 15 is 0 Å². The van der Waals surface area contributed by atoms with Crippen molar-refractivity contribution in [3.8, 4) is 11.8 Å². The summed E-state index contributed by atoms with van der Waals surface area (Å²) < 4.78 is 19.9. The molecule has 1 aromatic rings. The van der Waals surface area contributed by atoms with Gasteiger partial charge in [0.2, 0.25) is 0 Å². The first-order valence-electron chi connectivity index (χ1n) is 6.32. The normalized spacial score (nSPS) is 28.6. The fraction of sp³-hybridized carbons (Fsp3) is 0.667. The Morgan fingerprint density at radius 1 is 1.47 bits per heavy atom. The minimum atomic E-state index is -0.223. The predicted octanol–water partition coefficient (Wildman–Crippen LogP) is 2.39. The lowest BCUT2D eigenvalue weighted by atomic mass is 10.1. The number of fused-ring (bicyclic) bond motifs is 2. The zero-order valence-electron chi connectivity index (χ0n) is 10.8. The molecule has 2 atom stereocenters. The molecule has 2 aliphatic rings. The van der Waals surface area contributed by atoms with E-state index in [4.69, 9.17) is 9.47 Å². The van der Waals surface area contributed by atoms with Crippen LogP contribution < -0.4 is 14.8 Å². The van der Waals surface area contributed by atoms with E-state index in [0.717, 1.165) is 37.0 Å². The highest BCUT2D eigenvalue weighted by Gasteiger charge is 2.47. The van der Waals surface area contributed by atoms with Crippen LogP contribution in [0, 0.1) is 5.92 Å². The summed E-state index contributed by atoms with van der Waals surface area (Å²) >= 11 is 1.13. The summed E-state index contributed by atoms with van der Waals surface area (Å²) in [6.07, 6.45) is 7.22. The molecule has 2 fully saturated rings. The van der Waals surface area contributed by atoms with Crippen molar-refractivity contribution < 1.29 is 9.47 Å². The highest BCUT2D eigenvalue weighted by atomic mass is 35.5. The van der Waals surface area contributed by atoms with Gasteiger partial charge < -0.3 is 9.47 Å². The summed E-state index contributed by atoms with van der Waals surface area (Å²) in [5, 5.41) is 3.45. The third-order valence-corrected chi connectivity index (χ3v) is 4.06. The third kappa shape index (κ3) is 3.01. The van der Waals surface area contributed by atoms with E-state index in [9.17, 15) is 0 Å². The Balaban J connectivity index is 0.00000133. The molecule has 5 nitrogen and oxygen atoms in total. The Morgan fingerprint density at radius 3 is 2.95 bits per heavy atom. The zero-order chi connectivity index (χ0) is 12.4. The largest absolute Gasteiger partial charge is 0.469 e. The number of nitrogens with zero attached hydrogens (tertiary/aromatic N) is 2. The van der Waals surface area contributed by atoms with Crippen molar-refractivity contribution in [3.63, 3.8) is 0 Å². The minimum Gasteiger partial charge on any atom is -0.469 e. The van der Waals surface area contributed by atoms with Crippen LogP contribution in [0.3, 0.4) is 0 Å². The number of hydrogen-bond donors (Lipinski definition) is 1. The van der Waals surface area contributed by atoms with Crippen LogP contribution in [0.5, 0.6) is 11.8 Å². The van der Waals surface area contributed by atoms with Gasteiger partial charge in [-0.05, 0) is 19.3 Å². The van der Waals surface area contributed by atoms with Gasteiger partial charge in [0, 0.05) is 19.4 Å². The van der Waals surface area contributed by atoms with Crippen LogP contribution in [0.1, 0.15) is 26.2 Å². The highest BCUT2D eigenvalue weighted by Crippen LogP contribution is 2.42. The van der Waals surface area contributed by atoms with Crippen molar-refractivity contribution in [1.82, 2.24) is 14.1 Å². The molecule has 3 rings (SSSR count). The molecule has 7 heteroatoms. The van der Waals surface area contributed by atoms with Crippen LogP contribution in [0.15, 0.2) is 12.2 Å². The number of rotatable bonds is 5. The molecule has 0 amide bonds. The van der Waals surface area contributed by atoms with E-state index in [-0.39, 0.29) is 18.1 Å². The second kappa shape index (κ2) is 6.07. The van der Waals surface area contributed by atoms with Gasteiger partial charge >= 0.3 is 0 Å². The van der Waals surface area contributed by atoms with Crippen LogP contribution in [-0.2, 0) is 0 Å². The summed E-state index contributed by atoms with van der Waals surface area (Å²) in [5.74, 6) is 1.79. The van der Waals surface area contributed by atoms with E-state index in [1.54, 1.807) is 0 Å². The molecule has 1 saturated carbocycles.